The average molecular weight is 263 g/mol. The number of carbonyl (C=O) groups is 1. The lowest BCUT2D eigenvalue weighted by Crippen LogP contribution is -2.35. The molecule has 0 aliphatic carbocycles. The Labute approximate surface area is 116 Å². The summed E-state index contributed by atoms with van der Waals surface area (Å²) >= 11 is 0. The zero-order chi connectivity index (χ0) is 14.3. The summed E-state index contributed by atoms with van der Waals surface area (Å²) in [5.41, 5.74) is 6.98. The van der Waals surface area contributed by atoms with Crippen molar-refractivity contribution in [3.63, 3.8) is 0 Å². The number of benzene rings is 1. The Morgan fingerprint density at radius 3 is 2.42 bits per heavy atom. The molecule has 1 atom stereocenters. The van der Waals surface area contributed by atoms with Crippen LogP contribution < -0.4 is 10.5 Å². The van der Waals surface area contributed by atoms with Gasteiger partial charge in [0.15, 0.2) is 5.78 Å². The Balaban J connectivity index is 2.50. The van der Waals surface area contributed by atoms with Gasteiger partial charge in [0.1, 0.15) is 5.75 Å². The summed E-state index contributed by atoms with van der Waals surface area (Å²) in [6, 6.07) is 7.44. The summed E-state index contributed by atoms with van der Waals surface area (Å²) in [6.45, 7) is 6.65. The van der Waals surface area contributed by atoms with Crippen LogP contribution in [0.25, 0.3) is 0 Å². The fourth-order valence-corrected chi connectivity index (χ4v) is 1.84. The summed E-state index contributed by atoms with van der Waals surface area (Å²) in [5.74, 6) is 0.982. The van der Waals surface area contributed by atoms with Gasteiger partial charge in [0.05, 0.1) is 12.6 Å². The first-order valence-corrected chi connectivity index (χ1v) is 7.05. The van der Waals surface area contributed by atoms with E-state index in [0.717, 1.165) is 30.8 Å². The van der Waals surface area contributed by atoms with Crippen molar-refractivity contribution in [1.29, 1.82) is 0 Å². The first-order valence-electron chi connectivity index (χ1n) is 7.05. The molecule has 1 aromatic carbocycles. The second-order valence-corrected chi connectivity index (χ2v) is 5.21. The minimum absolute atomic E-state index is 0.00773. The van der Waals surface area contributed by atoms with Crippen molar-refractivity contribution in [1.82, 2.24) is 0 Å². The first-order chi connectivity index (χ1) is 9.04. The molecule has 0 heterocycles. The van der Waals surface area contributed by atoms with Gasteiger partial charge < -0.3 is 10.5 Å². The molecule has 1 unspecified atom stereocenters. The third-order valence-corrected chi connectivity index (χ3v) is 3.08. The van der Waals surface area contributed by atoms with E-state index in [1.54, 1.807) is 0 Å². The van der Waals surface area contributed by atoms with E-state index in [1.165, 1.54) is 0 Å². The Morgan fingerprint density at radius 2 is 1.89 bits per heavy atom. The number of hydrogen-bond acceptors (Lipinski definition) is 3. The smallest absolute Gasteiger partial charge is 0.152 e. The minimum Gasteiger partial charge on any atom is -0.494 e. The zero-order valence-electron chi connectivity index (χ0n) is 12.2. The van der Waals surface area contributed by atoms with E-state index < -0.39 is 6.04 Å². The third kappa shape index (κ3) is 5.43. The highest BCUT2D eigenvalue weighted by Crippen LogP contribution is 2.14. The van der Waals surface area contributed by atoms with Crippen LogP contribution in [0.1, 0.15) is 39.2 Å². The van der Waals surface area contributed by atoms with Gasteiger partial charge in [0.25, 0.3) is 0 Å². The van der Waals surface area contributed by atoms with E-state index in [1.807, 2.05) is 38.1 Å². The molecule has 0 aliphatic heterocycles. The Bertz CT molecular complexity index is 384. The number of carbonyl (C=O) groups excluding carboxylic acids is 1. The van der Waals surface area contributed by atoms with Crippen molar-refractivity contribution < 1.29 is 9.53 Å². The summed E-state index contributed by atoms with van der Waals surface area (Å²) in [7, 11) is 0. The highest BCUT2D eigenvalue weighted by molar-refractivity contribution is 5.85. The second kappa shape index (κ2) is 7.95. The van der Waals surface area contributed by atoms with Crippen LogP contribution in [0.2, 0.25) is 0 Å². The van der Waals surface area contributed by atoms with E-state index in [9.17, 15) is 4.79 Å². The predicted molar refractivity (Wildman–Crippen MR) is 78.4 cm³/mol. The van der Waals surface area contributed by atoms with Crippen molar-refractivity contribution in [3.8, 4) is 5.75 Å². The normalized spacial score (nSPS) is 12.5. The van der Waals surface area contributed by atoms with Crippen LogP contribution in [-0.4, -0.2) is 18.4 Å². The van der Waals surface area contributed by atoms with Gasteiger partial charge in [-0.05, 0) is 30.5 Å². The van der Waals surface area contributed by atoms with Crippen molar-refractivity contribution in [2.24, 2.45) is 11.7 Å². The van der Waals surface area contributed by atoms with Gasteiger partial charge in [-0.1, -0.05) is 39.3 Å². The molecule has 0 spiro atoms. The monoisotopic (exact) mass is 263 g/mol. The van der Waals surface area contributed by atoms with Gasteiger partial charge in [-0.15, -0.1) is 0 Å². The van der Waals surface area contributed by atoms with Crippen LogP contribution in [0.15, 0.2) is 24.3 Å². The molecule has 0 fully saturated rings. The van der Waals surface area contributed by atoms with Crippen molar-refractivity contribution in [3.05, 3.63) is 29.8 Å². The molecule has 106 valence electrons. The van der Waals surface area contributed by atoms with E-state index >= 15 is 0 Å². The van der Waals surface area contributed by atoms with Crippen LogP contribution in [0.5, 0.6) is 5.75 Å². The highest BCUT2D eigenvalue weighted by Gasteiger charge is 2.17. The number of ketones is 1. The molecule has 3 nitrogen and oxygen atoms in total. The average Bonchev–Trinajstić information content (AvgIpc) is 2.40. The molecule has 0 bridgehead atoms. The SMILES string of the molecule is CCCCOc1ccc(CC(N)C(=O)C(C)C)cc1. The predicted octanol–water partition coefficient (Wildman–Crippen LogP) is 2.96. The Hall–Kier alpha value is -1.35. The van der Waals surface area contributed by atoms with E-state index in [0.29, 0.717) is 6.42 Å². The number of nitrogens with two attached hydrogens (primary N) is 1. The van der Waals surface area contributed by atoms with Crippen LogP contribution in [0.4, 0.5) is 0 Å². The number of rotatable bonds is 8. The maximum Gasteiger partial charge on any atom is 0.152 e. The van der Waals surface area contributed by atoms with Crippen molar-refractivity contribution >= 4 is 5.78 Å². The fourth-order valence-electron chi connectivity index (χ4n) is 1.84. The van der Waals surface area contributed by atoms with Crippen LogP contribution >= 0.6 is 0 Å². The maximum absolute atomic E-state index is 11.7. The van der Waals surface area contributed by atoms with Gasteiger partial charge in [-0.3, -0.25) is 4.79 Å². The zero-order valence-corrected chi connectivity index (χ0v) is 12.2. The van der Waals surface area contributed by atoms with E-state index in [-0.39, 0.29) is 11.7 Å². The first kappa shape index (κ1) is 15.7. The van der Waals surface area contributed by atoms with E-state index in [2.05, 4.69) is 6.92 Å². The van der Waals surface area contributed by atoms with Gasteiger partial charge >= 0.3 is 0 Å². The Kier molecular flexibility index (Phi) is 6.57. The summed E-state index contributed by atoms with van der Waals surface area (Å²) in [5, 5.41) is 0. The van der Waals surface area contributed by atoms with Gasteiger partial charge in [-0.2, -0.15) is 0 Å². The van der Waals surface area contributed by atoms with Gasteiger partial charge in [0, 0.05) is 5.92 Å². The fraction of sp³-hybridized carbons (Fsp3) is 0.562. The molecule has 0 saturated carbocycles. The summed E-state index contributed by atoms with van der Waals surface area (Å²) < 4.78 is 5.59. The molecule has 0 aliphatic rings. The standard InChI is InChI=1S/C16H25NO2/c1-4-5-10-19-14-8-6-13(7-9-14)11-15(17)16(18)12(2)3/h6-9,12,15H,4-5,10-11,17H2,1-3H3. The lowest BCUT2D eigenvalue weighted by molar-refractivity contribution is -0.123. The molecule has 0 saturated heterocycles. The number of ether oxygens (including phenoxy) is 1. The molecule has 0 radical (unpaired) electrons. The lowest BCUT2D eigenvalue weighted by atomic mass is 9.96. The minimum atomic E-state index is -0.410. The Morgan fingerprint density at radius 1 is 1.26 bits per heavy atom. The van der Waals surface area contributed by atoms with Crippen molar-refractivity contribution in [2.75, 3.05) is 6.61 Å². The van der Waals surface area contributed by atoms with Gasteiger partial charge in [-0.25, -0.2) is 0 Å². The number of unbranched alkanes of at least 4 members (excludes halogenated alkanes) is 1. The van der Waals surface area contributed by atoms with Crippen LogP contribution in [-0.2, 0) is 11.2 Å². The molecule has 1 rings (SSSR count). The van der Waals surface area contributed by atoms with Crippen molar-refractivity contribution in [2.45, 2.75) is 46.1 Å². The summed E-state index contributed by atoms with van der Waals surface area (Å²) in [4.78, 5) is 11.7. The molecular weight excluding hydrogens is 238 g/mol. The van der Waals surface area contributed by atoms with Crippen LogP contribution in [0.3, 0.4) is 0 Å². The molecule has 1 aromatic rings. The topological polar surface area (TPSA) is 52.3 Å². The third-order valence-electron chi connectivity index (χ3n) is 3.08. The largest absolute Gasteiger partial charge is 0.494 e. The molecule has 2 N–H and O–H groups in total. The highest BCUT2D eigenvalue weighted by atomic mass is 16.5. The molecule has 19 heavy (non-hydrogen) atoms. The summed E-state index contributed by atoms with van der Waals surface area (Å²) in [6.07, 6.45) is 2.78. The molecule has 0 aromatic heterocycles. The van der Waals surface area contributed by atoms with E-state index in [4.69, 9.17) is 10.5 Å². The quantitative estimate of drug-likeness (QED) is 0.734. The molecule has 3 heteroatoms. The number of Topliss-reactive ketones (excluding diaryl/α,β-unsaturated/α-hetero) is 1. The second-order valence-electron chi connectivity index (χ2n) is 5.21. The van der Waals surface area contributed by atoms with Gasteiger partial charge in [0.2, 0.25) is 0 Å². The lowest BCUT2D eigenvalue weighted by Gasteiger charge is -2.13. The molecule has 0 amide bonds. The van der Waals surface area contributed by atoms with Crippen LogP contribution in [0, 0.1) is 5.92 Å². The molecular formula is C16H25NO2. The maximum atomic E-state index is 11.7. The number of hydrogen-bond donors (Lipinski definition) is 1.